The zero-order valence-corrected chi connectivity index (χ0v) is 11.4. The molecule has 1 aromatic heterocycles. The van der Waals surface area contributed by atoms with Crippen molar-refractivity contribution in [2.75, 3.05) is 6.54 Å². The molecule has 0 fully saturated rings. The summed E-state index contributed by atoms with van der Waals surface area (Å²) in [6.45, 7) is 0.410. The maximum Gasteiger partial charge on any atom is 0.303 e. The van der Waals surface area contributed by atoms with Gasteiger partial charge in [0.2, 0.25) is 5.76 Å². The molecule has 1 amide bonds. The molecule has 110 valence electrons. The van der Waals surface area contributed by atoms with Crippen molar-refractivity contribution in [1.29, 1.82) is 0 Å². The van der Waals surface area contributed by atoms with Crippen molar-refractivity contribution in [2.45, 2.75) is 19.3 Å². The molecule has 0 aliphatic carbocycles. The van der Waals surface area contributed by atoms with Crippen LogP contribution in [0.1, 0.15) is 29.8 Å². The van der Waals surface area contributed by atoms with Crippen LogP contribution in [0.4, 0.5) is 0 Å². The zero-order chi connectivity index (χ0) is 15.1. The fourth-order valence-corrected chi connectivity index (χ4v) is 1.82. The molecule has 0 radical (unpaired) electrons. The number of amides is 1. The molecule has 21 heavy (non-hydrogen) atoms. The third-order valence-corrected chi connectivity index (χ3v) is 2.91. The highest BCUT2D eigenvalue weighted by molar-refractivity contribution is 5.92. The van der Waals surface area contributed by atoms with Gasteiger partial charge in [0.25, 0.3) is 5.91 Å². The quantitative estimate of drug-likeness (QED) is 0.763. The summed E-state index contributed by atoms with van der Waals surface area (Å²) in [6.07, 6.45) is 1.25. The van der Waals surface area contributed by atoms with Crippen LogP contribution in [0.2, 0.25) is 0 Å². The number of rotatable bonds is 7. The smallest absolute Gasteiger partial charge is 0.303 e. The Kier molecular flexibility index (Phi) is 5.09. The van der Waals surface area contributed by atoms with Gasteiger partial charge in [-0.2, -0.15) is 0 Å². The van der Waals surface area contributed by atoms with Crippen molar-refractivity contribution in [3.63, 3.8) is 0 Å². The van der Waals surface area contributed by atoms with Crippen molar-refractivity contribution >= 4 is 11.9 Å². The minimum atomic E-state index is -0.830. The Balaban J connectivity index is 1.84. The molecule has 0 saturated heterocycles. The van der Waals surface area contributed by atoms with Crippen LogP contribution in [0, 0.1) is 0 Å². The average Bonchev–Trinajstić information content (AvgIpc) is 2.97. The van der Waals surface area contributed by atoms with Crippen molar-refractivity contribution in [2.24, 2.45) is 0 Å². The Hall–Kier alpha value is -2.63. The van der Waals surface area contributed by atoms with Crippen LogP contribution in [-0.2, 0) is 4.79 Å². The topological polar surface area (TPSA) is 92.4 Å². The van der Waals surface area contributed by atoms with Crippen molar-refractivity contribution in [1.82, 2.24) is 10.5 Å². The van der Waals surface area contributed by atoms with E-state index in [4.69, 9.17) is 9.63 Å². The zero-order valence-electron chi connectivity index (χ0n) is 11.4. The Morgan fingerprint density at radius 2 is 1.95 bits per heavy atom. The van der Waals surface area contributed by atoms with Gasteiger partial charge in [0.1, 0.15) is 5.69 Å². The number of unbranched alkanes of at least 4 members (excludes halogenated alkanes) is 1. The summed E-state index contributed by atoms with van der Waals surface area (Å²) in [4.78, 5) is 22.2. The number of carbonyl (C=O) groups is 2. The molecule has 1 aromatic carbocycles. The molecule has 2 N–H and O–H groups in total. The summed E-state index contributed by atoms with van der Waals surface area (Å²) in [7, 11) is 0. The van der Waals surface area contributed by atoms with Crippen molar-refractivity contribution in [3.05, 3.63) is 42.2 Å². The summed E-state index contributed by atoms with van der Waals surface area (Å²) in [5.41, 5.74) is 1.48. The number of carbonyl (C=O) groups excluding carboxylic acids is 1. The standard InChI is InChI=1S/C15H16N2O4/c18-14(19)8-4-5-9-16-15(20)13-10-12(17-21-13)11-6-2-1-3-7-11/h1-3,6-7,10H,4-5,8-9H2,(H,16,20)(H,18,19). The summed E-state index contributed by atoms with van der Waals surface area (Å²) >= 11 is 0. The van der Waals surface area contributed by atoms with Crippen molar-refractivity contribution < 1.29 is 19.2 Å². The number of nitrogens with zero attached hydrogens (tertiary/aromatic N) is 1. The number of aliphatic carboxylic acids is 1. The van der Waals surface area contributed by atoms with E-state index in [2.05, 4.69) is 10.5 Å². The van der Waals surface area contributed by atoms with E-state index in [1.54, 1.807) is 6.07 Å². The number of aromatic nitrogens is 1. The van der Waals surface area contributed by atoms with E-state index < -0.39 is 5.97 Å². The predicted octanol–water partition coefficient (Wildman–Crippen LogP) is 2.33. The van der Waals surface area contributed by atoms with Crippen LogP contribution in [0.3, 0.4) is 0 Å². The molecule has 0 atom stereocenters. The molecular formula is C15H16N2O4. The largest absolute Gasteiger partial charge is 0.481 e. The first kappa shape index (κ1) is 14.8. The Bertz CT molecular complexity index is 607. The molecular weight excluding hydrogens is 272 g/mol. The summed E-state index contributed by atoms with van der Waals surface area (Å²) in [5, 5.41) is 15.0. The molecule has 1 heterocycles. The number of carboxylic acids is 1. The fourth-order valence-electron chi connectivity index (χ4n) is 1.82. The summed E-state index contributed by atoms with van der Waals surface area (Å²) in [5.74, 6) is -1.03. The van der Waals surface area contributed by atoms with E-state index in [1.165, 1.54) is 0 Å². The Labute approximate surface area is 121 Å². The number of nitrogens with one attached hydrogen (secondary N) is 1. The van der Waals surface area contributed by atoms with Gasteiger partial charge in [-0.1, -0.05) is 35.5 Å². The molecule has 2 rings (SSSR count). The second-order valence-electron chi connectivity index (χ2n) is 4.55. The van der Waals surface area contributed by atoms with Gasteiger partial charge in [0, 0.05) is 24.6 Å². The predicted molar refractivity (Wildman–Crippen MR) is 75.8 cm³/mol. The van der Waals surface area contributed by atoms with Gasteiger partial charge in [-0.3, -0.25) is 9.59 Å². The first-order valence-corrected chi connectivity index (χ1v) is 6.69. The number of hydrogen-bond donors (Lipinski definition) is 2. The van der Waals surface area contributed by atoms with Crippen LogP contribution >= 0.6 is 0 Å². The third-order valence-electron chi connectivity index (χ3n) is 2.91. The third kappa shape index (κ3) is 4.45. The van der Waals surface area contributed by atoms with Crippen LogP contribution in [-0.4, -0.2) is 28.7 Å². The second kappa shape index (κ2) is 7.23. The lowest BCUT2D eigenvalue weighted by Gasteiger charge is -2.00. The van der Waals surface area contributed by atoms with E-state index in [-0.39, 0.29) is 18.1 Å². The summed E-state index contributed by atoms with van der Waals surface area (Å²) < 4.78 is 5.02. The first-order chi connectivity index (χ1) is 10.2. The average molecular weight is 288 g/mol. The first-order valence-electron chi connectivity index (χ1n) is 6.69. The van der Waals surface area contributed by atoms with E-state index in [1.807, 2.05) is 30.3 Å². The van der Waals surface area contributed by atoms with E-state index in [0.29, 0.717) is 25.1 Å². The highest BCUT2D eigenvalue weighted by Gasteiger charge is 2.13. The maximum absolute atomic E-state index is 11.8. The SMILES string of the molecule is O=C(O)CCCCNC(=O)c1cc(-c2ccccc2)no1. The Morgan fingerprint density at radius 1 is 1.19 bits per heavy atom. The number of benzene rings is 1. The van der Waals surface area contributed by atoms with Crippen molar-refractivity contribution in [3.8, 4) is 11.3 Å². The van der Waals surface area contributed by atoms with Crippen LogP contribution < -0.4 is 5.32 Å². The summed E-state index contributed by atoms with van der Waals surface area (Å²) in [6, 6.07) is 11.0. The van der Waals surface area contributed by atoms with Gasteiger partial charge < -0.3 is 14.9 Å². The molecule has 0 spiro atoms. The number of hydrogen-bond acceptors (Lipinski definition) is 4. The van der Waals surface area contributed by atoms with Crippen LogP contribution in [0.5, 0.6) is 0 Å². The molecule has 6 heteroatoms. The monoisotopic (exact) mass is 288 g/mol. The van der Waals surface area contributed by atoms with Gasteiger partial charge in [-0.05, 0) is 12.8 Å². The van der Waals surface area contributed by atoms with Gasteiger partial charge in [0.15, 0.2) is 0 Å². The number of carboxylic acid groups (broad SMARTS) is 1. The molecule has 0 saturated carbocycles. The highest BCUT2D eigenvalue weighted by Crippen LogP contribution is 2.18. The second-order valence-corrected chi connectivity index (χ2v) is 4.55. The van der Waals surface area contributed by atoms with Crippen LogP contribution in [0.15, 0.2) is 40.9 Å². The van der Waals surface area contributed by atoms with Crippen LogP contribution in [0.25, 0.3) is 11.3 Å². The molecule has 0 aliphatic heterocycles. The molecule has 0 bridgehead atoms. The fraction of sp³-hybridized carbons (Fsp3) is 0.267. The highest BCUT2D eigenvalue weighted by atomic mass is 16.5. The van der Waals surface area contributed by atoms with Gasteiger partial charge in [0.05, 0.1) is 0 Å². The lowest BCUT2D eigenvalue weighted by molar-refractivity contribution is -0.137. The minimum Gasteiger partial charge on any atom is -0.481 e. The normalized spacial score (nSPS) is 10.3. The van der Waals surface area contributed by atoms with Gasteiger partial charge in [-0.15, -0.1) is 0 Å². The minimum absolute atomic E-state index is 0.107. The van der Waals surface area contributed by atoms with E-state index >= 15 is 0 Å². The molecule has 0 aliphatic rings. The molecule has 6 nitrogen and oxygen atoms in total. The maximum atomic E-state index is 11.8. The van der Waals surface area contributed by atoms with Gasteiger partial charge in [-0.25, -0.2) is 0 Å². The molecule has 0 unspecified atom stereocenters. The Morgan fingerprint density at radius 3 is 2.67 bits per heavy atom. The van der Waals surface area contributed by atoms with Gasteiger partial charge >= 0.3 is 5.97 Å². The van der Waals surface area contributed by atoms with E-state index in [0.717, 1.165) is 5.56 Å². The van der Waals surface area contributed by atoms with E-state index in [9.17, 15) is 9.59 Å². The molecule has 2 aromatic rings. The lowest BCUT2D eigenvalue weighted by Crippen LogP contribution is -2.24. The lowest BCUT2D eigenvalue weighted by atomic mass is 10.1.